The van der Waals surface area contributed by atoms with Crippen LogP contribution in [0.3, 0.4) is 0 Å². The normalized spacial score (nSPS) is 18.6. The zero-order chi connectivity index (χ0) is 14.7. The number of hydrogen-bond acceptors (Lipinski definition) is 3. The third-order valence-corrected chi connectivity index (χ3v) is 3.92. The highest BCUT2D eigenvalue weighted by molar-refractivity contribution is 6.29. The van der Waals surface area contributed by atoms with E-state index in [1.165, 1.54) is 0 Å². The number of rotatable bonds is 4. The van der Waals surface area contributed by atoms with Crippen molar-refractivity contribution in [3.63, 3.8) is 0 Å². The number of nitrogens with one attached hydrogen (secondary N) is 1. The van der Waals surface area contributed by atoms with Gasteiger partial charge in [0.1, 0.15) is 11.0 Å². The van der Waals surface area contributed by atoms with Crippen LogP contribution in [-0.2, 0) is 0 Å². The highest BCUT2D eigenvalue weighted by Gasteiger charge is 2.31. The van der Waals surface area contributed by atoms with Gasteiger partial charge in [0, 0.05) is 24.7 Å². The Balaban J connectivity index is 2.24. The van der Waals surface area contributed by atoms with Gasteiger partial charge in [0.05, 0.1) is 0 Å². The Labute approximate surface area is 125 Å². The van der Waals surface area contributed by atoms with Gasteiger partial charge in [-0.15, -0.1) is 0 Å². The maximum absolute atomic E-state index is 12.7. The van der Waals surface area contributed by atoms with Crippen LogP contribution in [0.15, 0.2) is 12.1 Å². The van der Waals surface area contributed by atoms with E-state index in [2.05, 4.69) is 24.1 Å². The summed E-state index contributed by atoms with van der Waals surface area (Å²) in [6.07, 6.45) is 2.16. The Morgan fingerprint density at radius 2 is 2.30 bits per heavy atom. The van der Waals surface area contributed by atoms with Gasteiger partial charge in [-0.1, -0.05) is 25.4 Å². The van der Waals surface area contributed by atoms with Crippen molar-refractivity contribution in [2.45, 2.75) is 39.7 Å². The second-order valence-electron chi connectivity index (χ2n) is 5.55. The lowest BCUT2D eigenvalue weighted by Gasteiger charge is -2.28. The summed E-state index contributed by atoms with van der Waals surface area (Å²) >= 11 is 6.01. The lowest BCUT2D eigenvalue weighted by molar-refractivity contribution is 0.0701. The van der Waals surface area contributed by atoms with E-state index in [0.29, 0.717) is 28.5 Å². The number of anilines is 1. The minimum atomic E-state index is 0.0599. The van der Waals surface area contributed by atoms with Crippen molar-refractivity contribution in [1.29, 1.82) is 0 Å². The first-order valence-electron chi connectivity index (χ1n) is 7.25. The molecule has 1 aromatic rings. The summed E-state index contributed by atoms with van der Waals surface area (Å²) in [7, 11) is 0. The van der Waals surface area contributed by atoms with Gasteiger partial charge in [-0.3, -0.25) is 4.79 Å². The molecule has 0 spiro atoms. The first kappa shape index (κ1) is 15.1. The highest BCUT2D eigenvalue weighted by Crippen LogP contribution is 2.26. The first-order valence-corrected chi connectivity index (χ1v) is 7.63. The van der Waals surface area contributed by atoms with Gasteiger partial charge in [0.2, 0.25) is 0 Å². The third-order valence-electron chi connectivity index (χ3n) is 3.73. The minimum absolute atomic E-state index is 0.0599. The summed E-state index contributed by atoms with van der Waals surface area (Å²) in [4.78, 5) is 18.8. The fraction of sp³-hybridized carbons (Fsp3) is 0.600. The van der Waals surface area contributed by atoms with Gasteiger partial charge >= 0.3 is 0 Å². The fourth-order valence-electron chi connectivity index (χ4n) is 2.80. The van der Waals surface area contributed by atoms with Crippen molar-refractivity contribution in [1.82, 2.24) is 9.88 Å². The number of aromatic nitrogens is 1. The van der Waals surface area contributed by atoms with E-state index in [-0.39, 0.29) is 5.91 Å². The molecule has 1 saturated heterocycles. The smallest absolute Gasteiger partial charge is 0.254 e. The largest absolute Gasteiger partial charge is 0.370 e. The second-order valence-corrected chi connectivity index (χ2v) is 5.93. The molecule has 2 rings (SSSR count). The van der Waals surface area contributed by atoms with Crippen LogP contribution in [-0.4, -0.2) is 34.9 Å². The monoisotopic (exact) mass is 295 g/mol. The van der Waals surface area contributed by atoms with E-state index in [1.807, 2.05) is 11.8 Å². The molecule has 0 aromatic carbocycles. The van der Waals surface area contributed by atoms with Gasteiger partial charge < -0.3 is 10.2 Å². The van der Waals surface area contributed by atoms with E-state index < -0.39 is 0 Å². The van der Waals surface area contributed by atoms with Crippen molar-refractivity contribution in [3.8, 4) is 0 Å². The fourth-order valence-corrected chi connectivity index (χ4v) is 3.00. The Bertz CT molecular complexity index is 490. The maximum atomic E-state index is 12.7. The molecule has 0 bridgehead atoms. The molecule has 2 heterocycles. The molecule has 1 aliphatic heterocycles. The molecular weight excluding hydrogens is 274 g/mol. The number of likely N-dealkylation sites (tertiary alicyclic amines) is 1. The van der Waals surface area contributed by atoms with Crippen LogP contribution in [0.4, 0.5) is 5.82 Å². The van der Waals surface area contributed by atoms with Crippen LogP contribution >= 0.6 is 11.6 Å². The van der Waals surface area contributed by atoms with Gasteiger partial charge in [-0.25, -0.2) is 4.98 Å². The number of carbonyl (C=O) groups excluding carboxylic acids is 1. The summed E-state index contributed by atoms with van der Waals surface area (Å²) in [5.74, 6) is 1.19. The lowest BCUT2D eigenvalue weighted by Crippen LogP contribution is -2.38. The van der Waals surface area contributed by atoms with Crippen molar-refractivity contribution >= 4 is 23.3 Å². The van der Waals surface area contributed by atoms with E-state index >= 15 is 0 Å². The topological polar surface area (TPSA) is 45.2 Å². The molecule has 1 fully saturated rings. The van der Waals surface area contributed by atoms with Crippen LogP contribution in [0.1, 0.15) is 44.0 Å². The molecule has 0 aliphatic carbocycles. The average Bonchev–Trinajstić information content (AvgIpc) is 2.86. The second kappa shape index (κ2) is 6.44. The van der Waals surface area contributed by atoms with Crippen LogP contribution in [0.5, 0.6) is 0 Å². The minimum Gasteiger partial charge on any atom is -0.370 e. The predicted octanol–water partition coefficient (Wildman–Crippen LogP) is 3.43. The molecule has 1 unspecified atom stereocenters. The highest BCUT2D eigenvalue weighted by atomic mass is 35.5. The Kier molecular flexibility index (Phi) is 4.86. The molecule has 0 radical (unpaired) electrons. The Hall–Kier alpha value is -1.29. The number of hydrogen-bond donors (Lipinski definition) is 1. The molecule has 4 nitrogen and oxygen atoms in total. The van der Waals surface area contributed by atoms with Gasteiger partial charge in [-0.2, -0.15) is 0 Å². The van der Waals surface area contributed by atoms with E-state index in [9.17, 15) is 4.79 Å². The number of amides is 1. The van der Waals surface area contributed by atoms with Gasteiger partial charge in [0.25, 0.3) is 5.91 Å². The van der Waals surface area contributed by atoms with E-state index in [0.717, 1.165) is 25.9 Å². The molecule has 20 heavy (non-hydrogen) atoms. The number of nitrogens with zero attached hydrogens (tertiary/aromatic N) is 2. The van der Waals surface area contributed by atoms with Gasteiger partial charge in [-0.05, 0) is 37.8 Å². The zero-order valence-electron chi connectivity index (χ0n) is 12.3. The number of carbonyl (C=O) groups is 1. The number of halogens is 1. The van der Waals surface area contributed by atoms with Gasteiger partial charge in [0.15, 0.2) is 0 Å². The van der Waals surface area contributed by atoms with Crippen molar-refractivity contribution < 1.29 is 4.79 Å². The number of pyridine rings is 1. The predicted molar refractivity (Wildman–Crippen MR) is 82.3 cm³/mol. The van der Waals surface area contributed by atoms with E-state index in [1.54, 1.807) is 12.1 Å². The lowest BCUT2D eigenvalue weighted by atomic mass is 10.0. The molecule has 110 valence electrons. The van der Waals surface area contributed by atoms with Crippen LogP contribution < -0.4 is 5.32 Å². The Morgan fingerprint density at radius 1 is 1.55 bits per heavy atom. The van der Waals surface area contributed by atoms with Crippen molar-refractivity contribution in [2.75, 3.05) is 18.4 Å². The van der Waals surface area contributed by atoms with E-state index in [4.69, 9.17) is 11.6 Å². The summed E-state index contributed by atoms with van der Waals surface area (Å²) in [6.45, 7) is 7.90. The SMILES string of the molecule is CCNc1cc(C(=O)N2CCCC2C(C)C)cc(Cl)n1. The van der Waals surface area contributed by atoms with Crippen LogP contribution in [0, 0.1) is 5.92 Å². The standard InChI is InChI=1S/C15H22ClN3O/c1-4-17-14-9-11(8-13(16)18-14)15(20)19-7-5-6-12(19)10(2)3/h8-10,12H,4-7H2,1-3H3,(H,17,18). The van der Waals surface area contributed by atoms with Crippen LogP contribution in [0.2, 0.25) is 5.15 Å². The summed E-state index contributed by atoms with van der Waals surface area (Å²) in [6, 6.07) is 3.77. The molecule has 1 aliphatic rings. The average molecular weight is 296 g/mol. The van der Waals surface area contributed by atoms with Crippen LogP contribution in [0.25, 0.3) is 0 Å². The third kappa shape index (κ3) is 3.23. The molecule has 0 saturated carbocycles. The molecule has 1 aromatic heterocycles. The molecule has 1 amide bonds. The zero-order valence-corrected chi connectivity index (χ0v) is 13.1. The Morgan fingerprint density at radius 3 is 2.95 bits per heavy atom. The van der Waals surface area contributed by atoms with Crippen molar-refractivity contribution in [2.24, 2.45) is 5.92 Å². The quantitative estimate of drug-likeness (QED) is 0.866. The van der Waals surface area contributed by atoms with Crippen molar-refractivity contribution in [3.05, 3.63) is 22.8 Å². The summed E-state index contributed by atoms with van der Waals surface area (Å²) in [5, 5.41) is 3.46. The maximum Gasteiger partial charge on any atom is 0.254 e. The molecule has 1 atom stereocenters. The first-order chi connectivity index (χ1) is 9.52. The molecular formula is C15H22ClN3O. The molecule has 1 N–H and O–H groups in total. The summed E-state index contributed by atoms with van der Waals surface area (Å²) < 4.78 is 0. The molecule has 5 heteroatoms. The summed E-state index contributed by atoms with van der Waals surface area (Å²) in [5.41, 5.74) is 0.619.